The smallest absolute Gasteiger partial charge is 0.259 e. The summed E-state index contributed by atoms with van der Waals surface area (Å²) in [5.41, 5.74) is 7.40. The summed E-state index contributed by atoms with van der Waals surface area (Å²) in [6, 6.07) is 5.64. The molecule has 0 bridgehead atoms. The number of aromatic nitrogens is 3. The van der Waals surface area contributed by atoms with Gasteiger partial charge in [-0.15, -0.1) is 0 Å². The van der Waals surface area contributed by atoms with Crippen LogP contribution in [0.3, 0.4) is 0 Å². The van der Waals surface area contributed by atoms with Gasteiger partial charge in [0.1, 0.15) is 11.3 Å². The van der Waals surface area contributed by atoms with Crippen LogP contribution in [0.25, 0.3) is 21.8 Å². The quantitative estimate of drug-likeness (QED) is 0.626. The van der Waals surface area contributed by atoms with Crippen LogP contribution in [0.15, 0.2) is 23.0 Å². The lowest BCUT2D eigenvalue weighted by atomic mass is 10.1. The van der Waals surface area contributed by atoms with E-state index >= 15 is 0 Å². The summed E-state index contributed by atoms with van der Waals surface area (Å²) in [6.07, 6.45) is 0.768. The number of benzene rings is 1. The molecule has 0 radical (unpaired) electrons. The Kier molecular flexibility index (Phi) is 3.15. The molecular weight excluding hydrogens is 256 g/mol. The van der Waals surface area contributed by atoms with Crippen LogP contribution in [-0.2, 0) is 0 Å². The van der Waals surface area contributed by atoms with E-state index < -0.39 is 0 Å². The standard InChI is InChI=1S/C14H16N4O2/c1-8-11-13(18-17-8)9-4-2-5-10(20-7-3-6-15)12(9)16-14(11)19/h2,4-5H,3,6-7,15H2,1H3,(H,16,19)(H,17,18). The lowest BCUT2D eigenvalue weighted by molar-refractivity contribution is 0.316. The molecule has 0 saturated heterocycles. The number of aryl methyl sites for hydroxylation is 1. The molecule has 0 aliphatic heterocycles. The third kappa shape index (κ3) is 1.94. The number of nitrogens with two attached hydrogens (primary N) is 1. The Bertz CT molecular complexity index is 819. The molecule has 4 N–H and O–H groups in total. The predicted octanol–water partition coefficient (Wildman–Crippen LogP) is 1.44. The van der Waals surface area contributed by atoms with Crippen LogP contribution in [0.5, 0.6) is 5.75 Å². The van der Waals surface area contributed by atoms with E-state index in [1.165, 1.54) is 0 Å². The number of aromatic amines is 2. The van der Waals surface area contributed by atoms with Crippen molar-refractivity contribution < 1.29 is 4.74 Å². The highest BCUT2D eigenvalue weighted by molar-refractivity contribution is 6.05. The SMILES string of the molecule is Cc1[nH]nc2c1c(=O)[nH]c1c(OCCCN)cccc12. The molecule has 104 valence electrons. The second-order valence-electron chi connectivity index (χ2n) is 4.70. The summed E-state index contributed by atoms with van der Waals surface area (Å²) in [4.78, 5) is 15.0. The number of rotatable bonds is 4. The predicted molar refractivity (Wildman–Crippen MR) is 78.1 cm³/mol. The minimum atomic E-state index is -0.159. The first-order chi connectivity index (χ1) is 9.72. The number of nitrogens with one attached hydrogen (secondary N) is 2. The van der Waals surface area contributed by atoms with Crippen molar-refractivity contribution in [2.24, 2.45) is 5.73 Å². The molecule has 2 aromatic heterocycles. The molecule has 0 spiro atoms. The van der Waals surface area contributed by atoms with Gasteiger partial charge in [0.2, 0.25) is 0 Å². The number of pyridine rings is 1. The van der Waals surface area contributed by atoms with Crippen LogP contribution in [0, 0.1) is 6.92 Å². The van der Waals surface area contributed by atoms with Gasteiger partial charge >= 0.3 is 0 Å². The average Bonchev–Trinajstić information content (AvgIpc) is 2.83. The van der Waals surface area contributed by atoms with Crippen LogP contribution in [-0.4, -0.2) is 28.3 Å². The van der Waals surface area contributed by atoms with E-state index in [0.29, 0.717) is 35.3 Å². The number of H-pyrrole nitrogens is 2. The fourth-order valence-electron chi connectivity index (χ4n) is 2.32. The first kappa shape index (κ1) is 12.7. The molecule has 0 amide bonds. The average molecular weight is 272 g/mol. The molecule has 2 heterocycles. The summed E-state index contributed by atoms with van der Waals surface area (Å²) in [6.45, 7) is 2.93. The van der Waals surface area contributed by atoms with E-state index in [-0.39, 0.29) is 5.56 Å². The highest BCUT2D eigenvalue weighted by atomic mass is 16.5. The van der Waals surface area contributed by atoms with Crippen LogP contribution >= 0.6 is 0 Å². The zero-order valence-corrected chi connectivity index (χ0v) is 11.2. The van der Waals surface area contributed by atoms with E-state index in [9.17, 15) is 4.79 Å². The molecule has 0 aliphatic rings. The van der Waals surface area contributed by atoms with Crippen molar-refractivity contribution >= 4 is 21.8 Å². The maximum Gasteiger partial charge on any atom is 0.259 e. The van der Waals surface area contributed by atoms with Crippen LogP contribution in [0.2, 0.25) is 0 Å². The Balaban J connectivity index is 2.22. The molecule has 3 rings (SSSR count). The van der Waals surface area contributed by atoms with Gasteiger partial charge in [-0.1, -0.05) is 12.1 Å². The zero-order chi connectivity index (χ0) is 14.1. The first-order valence-electron chi connectivity index (χ1n) is 6.55. The molecule has 1 aromatic carbocycles. The van der Waals surface area contributed by atoms with Crippen molar-refractivity contribution in [1.29, 1.82) is 0 Å². The number of hydrogen-bond acceptors (Lipinski definition) is 4. The normalized spacial score (nSPS) is 11.3. The van der Waals surface area contributed by atoms with E-state index in [1.54, 1.807) is 0 Å². The molecule has 20 heavy (non-hydrogen) atoms. The van der Waals surface area contributed by atoms with Gasteiger partial charge in [-0.05, 0) is 26.0 Å². The number of hydrogen-bond donors (Lipinski definition) is 3. The van der Waals surface area contributed by atoms with Crippen LogP contribution in [0.1, 0.15) is 12.1 Å². The van der Waals surface area contributed by atoms with Gasteiger partial charge in [-0.25, -0.2) is 0 Å². The van der Waals surface area contributed by atoms with Gasteiger partial charge in [0.15, 0.2) is 0 Å². The van der Waals surface area contributed by atoms with Gasteiger partial charge in [-0.2, -0.15) is 5.10 Å². The van der Waals surface area contributed by atoms with Crippen molar-refractivity contribution in [3.8, 4) is 5.75 Å². The minimum absolute atomic E-state index is 0.159. The number of nitrogens with zero attached hydrogens (tertiary/aromatic N) is 1. The molecule has 0 atom stereocenters. The van der Waals surface area contributed by atoms with Gasteiger partial charge < -0.3 is 15.5 Å². The van der Waals surface area contributed by atoms with Crippen LogP contribution in [0.4, 0.5) is 0 Å². The van der Waals surface area contributed by atoms with Crippen molar-refractivity contribution in [2.45, 2.75) is 13.3 Å². The minimum Gasteiger partial charge on any atom is -0.491 e. The van der Waals surface area contributed by atoms with Gasteiger partial charge in [-0.3, -0.25) is 9.89 Å². The Hall–Kier alpha value is -2.34. The number of para-hydroxylation sites is 1. The Morgan fingerprint density at radius 3 is 3.05 bits per heavy atom. The number of ether oxygens (including phenoxy) is 1. The largest absolute Gasteiger partial charge is 0.491 e. The third-order valence-corrected chi connectivity index (χ3v) is 3.30. The summed E-state index contributed by atoms with van der Waals surface area (Å²) in [7, 11) is 0. The summed E-state index contributed by atoms with van der Waals surface area (Å²) >= 11 is 0. The second kappa shape index (κ2) is 4.97. The summed E-state index contributed by atoms with van der Waals surface area (Å²) < 4.78 is 5.68. The molecular formula is C14H16N4O2. The van der Waals surface area contributed by atoms with E-state index in [0.717, 1.165) is 17.5 Å². The molecule has 0 saturated carbocycles. The van der Waals surface area contributed by atoms with Crippen LogP contribution < -0.4 is 16.0 Å². The lowest BCUT2D eigenvalue weighted by Crippen LogP contribution is -2.09. The van der Waals surface area contributed by atoms with Crippen molar-refractivity contribution in [3.63, 3.8) is 0 Å². The van der Waals surface area contributed by atoms with Crippen molar-refractivity contribution in [1.82, 2.24) is 15.2 Å². The van der Waals surface area contributed by atoms with E-state index in [4.69, 9.17) is 10.5 Å². The van der Waals surface area contributed by atoms with Gasteiger partial charge in [0, 0.05) is 11.1 Å². The van der Waals surface area contributed by atoms with E-state index in [1.807, 2.05) is 25.1 Å². The number of fused-ring (bicyclic) bond motifs is 3. The maximum atomic E-state index is 12.2. The van der Waals surface area contributed by atoms with Crippen molar-refractivity contribution in [3.05, 3.63) is 34.2 Å². The molecule has 3 aromatic rings. The highest BCUT2D eigenvalue weighted by Crippen LogP contribution is 2.27. The molecule has 0 aliphatic carbocycles. The third-order valence-electron chi connectivity index (χ3n) is 3.30. The summed E-state index contributed by atoms with van der Waals surface area (Å²) in [5.74, 6) is 0.649. The Morgan fingerprint density at radius 2 is 2.25 bits per heavy atom. The molecule has 0 fully saturated rings. The zero-order valence-electron chi connectivity index (χ0n) is 11.2. The van der Waals surface area contributed by atoms with Gasteiger partial charge in [0.25, 0.3) is 5.56 Å². The monoisotopic (exact) mass is 272 g/mol. The second-order valence-corrected chi connectivity index (χ2v) is 4.70. The maximum absolute atomic E-state index is 12.2. The Morgan fingerprint density at radius 1 is 1.40 bits per heavy atom. The Labute approximate surface area is 114 Å². The fourth-order valence-corrected chi connectivity index (χ4v) is 2.32. The van der Waals surface area contributed by atoms with Gasteiger partial charge in [0.05, 0.1) is 17.5 Å². The summed E-state index contributed by atoms with van der Waals surface area (Å²) in [5, 5.41) is 8.54. The molecule has 6 nitrogen and oxygen atoms in total. The fraction of sp³-hybridized carbons (Fsp3) is 0.286. The topological polar surface area (TPSA) is 96.8 Å². The first-order valence-corrected chi connectivity index (χ1v) is 6.55. The lowest BCUT2D eigenvalue weighted by Gasteiger charge is -2.08. The van der Waals surface area contributed by atoms with Crippen molar-refractivity contribution in [2.75, 3.05) is 13.2 Å². The van der Waals surface area contributed by atoms with E-state index in [2.05, 4.69) is 15.2 Å². The molecule has 6 heteroatoms. The highest BCUT2D eigenvalue weighted by Gasteiger charge is 2.13. The molecule has 0 unspecified atom stereocenters.